The van der Waals surface area contributed by atoms with E-state index in [-0.39, 0.29) is 34.8 Å². The van der Waals surface area contributed by atoms with E-state index in [4.69, 9.17) is 15.5 Å². The van der Waals surface area contributed by atoms with Gasteiger partial charge in [-0.3, -0.25) is 4.90 Å². The molecule has 1 aromatic heterocycles. The summed E-state index contributed by atoms with van der Waals surface area (Å²) in [4.78, 5) is 13.9. The Labute approximate surface area is 248 Å². The molecule has 4 saturated heterocycles. The van der Waals surface area contributed by atoms with Gasteiger partial charge < -0.3 is 20.7 Å². The largest absolute Gasteiger partial charge is 0.461 e. The third-order valence-corrected chi connectivity index (χ3v) is 9.97. The van der Waals surface area contributed by atoms with Crippen molar-refractivity contribution in [3.63, 3.8) is 0 Å². The first kappa shape index (κ1) is 26.5. The highest BCUT2D eigenvalue weighted by molar-refractivity contribution is 6.05. The Morgan fingerprint density at radius 1 is 1.09 bits per heavy atom. The van der Waals surface area contributed by atoms with E-state index in [1.165, 1.54) is 0 Å². The summed E-state index contributed by atoms with van der Waals surface area (Å²) in [5, 5.41) is 15.9. The lowest BCUT2D eigenvalue weighted by Gasteiger charge is -2.34. The SMILES string of the molecule is N#Cc1c(N)cc2ccccc2c1-c1ccc2c(N3CC4CCC(C3)N4)nc(OC[C@@]34CCCN3C[C@H](F)C4)nc2c1F. The standard InChI is InChI=1S/C33H33F2N7O/c34-20-13-33(10-3-11-42(33)15-20)18-43-32-39-30-25(31(40-32)41-16-21-6-7-22(17-41)38-21)9-8-24(29(30)35)28-23-5-2-1-4-19(23)12-27(37)26(28)14-36/h1-2,4-5,8-9,12,20-22,38H,3,6-7,10-11,13,15-18,37H2/t20-,21?,22?,33+/m1/s1. The molecule has 4 fully saturated rings. The number of nitriles is 1. The maximum Gasteiger partial charge on any atom is 0.319 e. The average molecular weight is 582 g/mol. The Morgan fingerprint density at radius 3 is 2.72 bits per heavy atom. The number of hydrogen-bond acceptors (Lipinski definition) is 8. The zero-order chi connectivity index (χ0) is 29.3. The van der Waals surface area contributed by atoms with E-state index in [1.54, 1.807) is 12.1 Å². The van der Waals surface area contributed by atoms with Crippen molar-refractivity contribution < 1.29 is 13.5 Å². The molecule has 4 aliphatic rings. The molecule has 0 aliphatic carbocycles. The van der Waals surface area contributed by atoms with Gasteiger partial charge in [-0.2, -0.15) is 15.2 Å². The van der Waals surface area contributed by atoms with Gasteiger partial charge in [-0.1, -0.05) is 30.3 Å². The van der Waals surface area contributed by atoms with Crippen LogP contribution in [0.15, 0.2) is 42.5 Å². The Kier molecular flexibility index (Phi) is 6.17. The van der Waals surface area contributed by atoms with Crippen LogP contribution in [0.25, 0.3) is 32.8 Å². The van der Waals surface area contributed by atoms with Gasteiger partial charge in [0.15, 0.2) is 5.82 Å². The number of nitrogens with two attached hydrogens (primary N) is 1. The van der Waals surface area contributed by atoms with Crippen LogP contribution in [0.1, 0.15) is 37.7 Å². The minimum atomic E-state index is -0.879. The van der Waals surface area contributed by atoms with Crippen LogP contribution in [0, 0.1) is 17.1 Å². The van der Waals surface area contributed by atoms with Gasteiger partial charge in [-0.15, -0.1) is 0 Å². The van der Waals surface area contributed by atoms with E-state index in [2.05, 4.69) is 26.2 Å². The van der Waals surface area contributed by atoms with E-state index >= 15 is 4.39 Å². The quantitative estimate of drug-likeness (QED) is 0.320. The Morgan fingerprint density at radius 2 is 1.91 bits per heavy atom. The van der Waals surface area contributed by atoms with Crippen molar-refractivity contribution >= 4 is 33.2 Å². The highest BCUT2D eigenvalue weighted by atomic mass is 19.1. The number of ether oxygens (including phenoxy) is 1. The molecule has 43 heavy (non-hydrogen) atoms. The molecule has 0 amide bonds. The predicted molar refractivity (Wildman–Crippen MR) is 162 cm³/mol. The zero-order valence-electron chi connectivity index (χ0n) is 23.8. The second kappa shape index (κ2) is 10.00. The van der Waals surface area contributed by atoms with E-state index in [0.717, 1.165) is 56.1 Å². The van der Waals surface area contributed by atoms with E-state index < -0.39 is 12.0 Å². The van der Waals surface area contributed by atoms with Crippen LogP contribution >= 0.6 is 0 Å². The van der Waals surface area contributed by atoms with Gasteiger partial charge in [-0.05, 0) is 55.1 Å². The Balaban J connectivity index is 1.28. The van der Waals surface area contributed by atoms with Gasteiger partial charge in [0, 0.05) is 54.7 Å². The van der Waals surface area contributed by atoms with Crippen molar-refractivity contribution in [2.24, 2.45) is 0 Å². The first-order chi connectivity index (χ1) is 20.9. The number of nitrogens with zero attached hydrogens (tertiary/aromatic N) is 5. The van der Waals surface area contributed by atoms with Gasteiger partial charge in [0.25, 0.3) is 0 Å². The summed E-state index contributed by atoms with van der Waals surface area (Å²) < 4.78 is 37.6. The first-order valence-corrected chi connectivity index (χ1v) is 15.2. The third-order valence-electron chi connectivity index (χ3n) is 9.97. The summed E-state index contributed by atoms with van der Waals surface area (Å²) in [6, 6.07) is 15.8. The number of anilines is 2. The molecule has 2 unspecified atom stereocenters. The topological polar surface area (TPSA) is 103 Å². The monoisotopic (exact) mass is 581 g/mol. The molecular weight excluding hydrogens is 548 g/mol. The highest BCUT2D eigenvalue weighted by Crippen LogP contribution is 2.42. The van der Waals surface area contributed by atoms with Crippen LogP contribution in [-0.4, -0.2) is 71.4 Å². The Hall–Kier alpha value is -4.07. The molecule has 4 aliphatic heterocycles. The second-order valence-corrected chi connectivity index (χ2v) is 12.6. The summed E-state index contributed by atoms with van der Waals surface area (Å²) >= 11 is 0. The molecule has 8 nitrogen and oxygen atoms in total. The highest BCUT2D eigenvalue weighted by Gasteiger charge is 2.49. The number of nitrogen functional groups attached to an aromatic ring is 1. The number of hydrogen-bond donors (Lipinski definition) is 2. The molecule has 4 aromatic rings. The predicted octanol–water partition coefficient (Wildman–Crippen LogP) is 4.94. The van der Waals surface area contributed by atoms with Crippen molar-refractivity contribution in [1.82, 2.24) is 20.2 Å². The number of fused-ring (bicyclic) bond motifs is 5. The lowest BCUT2D eigenvalue weighted by molar-refractivity contribution is 0.107. The minimum absolute atomic E-state index is 0.0888. The number of halogens is 2. The van der Waals surface area contributed by atoms with Crippen LogP contribution in [0.5, 0.6) is 6.01 Å². The second-order valence-electron chi connectivity index (χ2n) is 12.6. The summed E-state index contributed by atoms with van der Waals surface area (Å²) in [7, 11) is 0. The van der Waals surface area contributed by atoms with Crippen molar-refractivity contribution in [3.8, 4) is 23.2 Å². The fourth-order valence-corrected chi connectivity index (χ4v) is 8.01. The maximum atomic E-state index is 16.8. The molecule has 3 aromatic carbocycles. The average Bonchev–Trinajstić information content (AvgIpc) is 3.65. The molecule has 0 saturated carbocycles. The molecule has 2 bridgehead atoms. The van der Waals surface area contributed by atoms with Crippen LogP contribution in [0.3, 0.4) is 0 Å². The minimum Gasteiger partial charge on any atom is -0.461 e. The van der Waals surface area contributed by atoms with Crippen LogP contribution in [0.2, 0.25) is 0 Å². The van der Waals surface area contributed by atoms with Gasteiger partial charge in [0.1, 0.15) is 30.2 Å². The lowest BCUT2D eigenvalue weighted by atomic mass is 9.91. The molecule has 5 heterocycles. The molecule has 3 N–H and O–H groups in total. The molecule has 4 atom stereocenters. The number of benzene rings is 3. The summed E-state index contributed by atoms with van der Waals surface area (Å²) in [5.74, 6) is 0.0825. The van der Waals surface area contributed by atoms with Crippen molar-refractivity contribution in [3.05, 3.63) is 53.8 Å². The molecule has 8 rings (SSSR count). The number of alkyl halides is 1. The number of aromatic nitrogens is 2. The summed E-state index contributed by atoms with van der Waals surface area (Å²) in [5.41, 5.74) is 7.26. The van der Waals surface area contributed by atoms with Crippen LogP contribution < -0.4 is 20.7 Å². The van der Waals surface area contributed by atoms with Crippen LogP contribution in [-0.2, 0) is 0 Å². The molecule has 0 spiro atoms. The van der Waals surface area contributed by atoms with Crippen molar-refractivity contribution in [2.45, 2.75) is 55.9 Å². The van der Waals surface area contributed by atoms with E-state index in [1.807, 2.05) is 30.3 Å². The number of piperazine rings is 1. The van der Waals surface area contributed by atoms with E-state index in [9.17, 15) is 9.65 Å². The first-order valence-electron chi connectivity index (χ1n) is 15.2. The molecule has 220 valence electrons. The van der Waals surface area contributed by atoms with Gasteiger partial charge in [-0.25, -0.2) is 8.78 Å². The molecule has 10 heteroatoms. The van der Waals surface area contributed by atoms with E-state index in [0.29, 0.717) is 47.5 Å². The summed E-state index contributed by atoms with van der Waals surface area (Å²) in [6.07, 6.45) is 3.58. The van der Waals surface area contributed by atoms with Gasteiger partial charge in [0.05, 0.1) is 16.8 Å². The van der Waals surface area contributed by atoms with Crippen molar-refractivity contribution in [1.29, 1.82) is 5.26 Å². The fraction of sp³-hybridized carbons (Fsp3) is 0.424. The summed E-state index contributed by atoms with van der Waals surface area (Å²) in [6.45, 7) is 3.04. The third kappa shape index (κ3) is 4.28. The van der Waals surface area contributed by atoms with Crippen LogP contribution in [0.4, 0.5) is 20.3 Å². The normalized spacial score (nSPS) is 26.7. The Bertz CT molecular complexity index is 1800. The molecule has 0 radical (unpaired) electrons. The zero-order valence-corrected chi connectivity index (χ0v) is 23.8. The smallest absolute Gasteiger partial charge is 0.319 e. The number of rotatable bonds is 5. The van der Waals surface area contributed by atoms with Gasteiger partial charge in [0.2, 0.25) is 0 Å². The van der Waals surface area contributed by atoms with Gasteiger partial charge >= 0.3 is 6.01 Å². The fourth-order valence-electron chi connectivity index (χ4n) is 8.01. The lowest BCUT2D eigenvalue weighted by Crippen LogP contribution is -2.51. The number of nitrogens with one attached hydrogen (secondary N) is 1. The maximum absolute atomic E-state index is 16.8. The molecular formula is C33H33F2N7O. The van der Waals surface area contributed by atoms with Crippen molar-refractivity contribution in [2.75, 3.05) is 43.4 Å².